The summed E-state index contributed by atoms with van der Waals surface area (Å²) in [6.07, 6.45) is 4.83. The number of hydrogen-bond donors (Lipinski definition) is 2. The van der Waals surface area contributed by atoms with E-state index in [9.17, 15) is 14.4 Å². The number of aliphatic carboxylic acids is 1. The Morgan fingerprint density at radius 2 is 2.04 bits per heavy atom. The Bertz CT molecular complexity index is 1160. The molecule has 0 radical (unpaired) electrons. The Balaban J connectivity index is 1.80. The van der Waals surface area contributed by atoms with Crippen molar-refractivity contribution in [3.8, 4) is 0 Å². The van der Waals surface area contributed by atoms with Gasteiger partial charge in [-0.05, 0) is 48.8 Å². The molecule has 0 saturated heterocycles. The van der Waals surface area contributed by atoms with Crippen LogP contribution in [-0.2, 0) is 16.0 Å². The molecule has 2 aromatic heterocycles. The number of nitrogens with zero attached hydrogens (tertiary/aromatic N) is 1. The van der Waals surface area contributed by atoms with Crippen molar-refractivity contribution < 1.29 is 19.1 Å². The van der Waals surface area contributed by atoms with Gasteiger partial charge in [0.05, 0.1) is 11.1 Å². The van der Waals surface area contributed by atoms with Crippen LogP contribution in [0, 0.1) is 0 Å². The van der Waals surface area contributed by atoms with E-state index >= 15 is 0 Å². The number of rotatable bonds is 2. The average molecular weight is 362 g/mol. The Morgan fingerprint density at radius 1 is 1.19 bits per heavy atom. The molecule has 0 atom stereocenters. The first-order valence-corrected chi connectivity index (χ1v) is 8.29. The fourth-order valence-electron chi connectivity index (χ4n) is 3.13. The summed E-state index contributed by atoms with van der Waals surface area (Å²) < 4.78 is 5.96. The lowest BCUT2D eigenvalue weighted by molar-refractivity contribution is -0.147. The number of benzene rings is 1. The molecule has 3 aromatic rings. The molecule has 1 aliphatic rings. The maximum absolute atomic E-state index is 12.8. The Hall–Kier alpha value is -3.74. The summed E-state index contributed by atoms with van der Waals surface area (Å²) in [7, 11) is 0. The lowest BCUT2D eigenvalue weighted by atomic mass is 10.1. The van der Waals surface area contributed by atoms with Gasteiger partial charge in [0.2, 0.25) is 0 Å². The van der Waals surface area contributed by atoms with Crippen molar-refractivity contribution in [3.05, 3.63) is 69.8 Å². The van der Waals surface area contributed by atoms with Gasteiger partial charge in [-0.15, -0.1) is 0 Å². The molecule has 0 fully saturated rings. The fourth-order valence-corrected chi connectivity index (χ4v) is 3.13. The number of carbonyl (C=O) groups excluding carboxylic acids is 1. The van der Waals surface area contributed by atoms with E-state index in [2.05, 4.69) is 10.3 Å². The number of anilines is 1. The fraction of sp³-hybridized carbons (Fsp3) is 0.100. The molecule has 0 saturated carbocycles. The highest BCUT2D eigenvalue weighted by Crippen LogP contribution is 2.34. The molecule has 1 amide bonds. The summed E-state index contributed by atoms with van der Waals surface area (Å²) in [5.74, 6) is -2.24. The standard InChI is InChI=1S/C20H14N2O5/c23-17-14-7-5-13(22-19(24)20(25)26)10-16(14)27-18-11(4-6-15(17)18)9-12-3-1-2-8-21-12/h1-3,5,7-10H,4,6H2,(H,22,24)(H,25,26)/b11-9+. The topological polar surface area (TPSA) is 110 Å². The van der Waals surface area contributed by atoms with Crippen LogP contribution in [0.4, 0.5) is 5.69 Å². The molecule has 0 spiro atoms. The van der Waals surface area contributed by atoms with Crippen molar-refractivity contribution in [1.29, 1.82) is 0 Å². The van der Waals surface area contributed by atoms with Crippen LogP contribution in [0.1, 0.15) is 23.4 Å². The maximum atomic E-state index is 12.8. The number of carboxylic acid groups (broad SMARTS) is 1. The third kappa shape index (κ3) is 3.10. The summed E-state index contributed by atoms with van der Waals surface area (Å²) >= 11 is 0. The maximum Gasteiger partial charge on any atom is 0.394 e. The van der Waals surface area contributed by atoms with Crippen molar-refractivity contribution in [2.24, 2.45) is 0 Å². The van der Waals surface area contributed by atoms with E-state index in [1.165, 1.54) is 18.2 Å². The van der Waals surface area contributed by atoms with Crippen LogP contribution in [0.3, 0.4) is 0 Å². The molecule has 2 heterocycles. The highest BCUT2D eigenvalue weighted by Gasteiger charge is 2.24. The summed E-state index contributed by atoms with van der Waals surface area (Å²) in [4.78, 5) is 39.1. The monoisotopic (exact) mass is 362 g/mol. The van der Waals surface area contributed by atoms with Crippen molar-refractivity contribution in [1.82, 2.24) is 4.98 Å². The quantitative estimate of drug-likeness (QED) is 0.678. The minimum atomic E-state index is -1.59. The second kappa shape index (κ2) is 6.53. The van der Waals surface area contributed by atoms with Gasteiger partial charge in [-0.1, -0.05) is 6.07 Å². The van der Waals surface area contributed by atoms with Crippen LogP contribution in [0.15, 0.2) is 51.8 Å². The zero-order chi connectivity index (χ0) is 19.0. The number of carbonyl (C=O) groups is 2. The number of pyridine rings is 1. The molecular weight excluding hydrogens is 348 g/mol. The highest BCUT2D eigenvalue weighted by molar-refractivity contribution is 6.36. The first-order valence-electron chi connectivity index (χ1n) is 8.29. The molecule has 7 heteroatoms. The summed E-state index contributed by atoms with van der Waals surface area (Å²) in [6.45, 7) is 0. The van der Waals surface area contributed by atoms with Gasteiger partial charge in [-0.25, -0.2) is 4.79 Å². The predicted octanol–water partition coefficient (Wildman–Crippen LogP) is 2.70. The van der Waals surface area contributed by atoms with Gasteiger partial charge in [0.1, 0.15) is 11.3 Å². The van der Waals surface area contributed by atoms with Crippen LogP contribution in [-0.4, -0.2) is 22.0 Å². The van der Waals surface area contributed by atoms with Gasteiger partial charge >= 0.3 is 11.9 Å². The van der Waals surface area contributed by atoms with E-state index in [-0.39, 0.29) is 16.7 Å². The largest absolute Gasteiger partial charge is 0.474 e. The number of hydrogen-bond acceptors (Lipinski definition) is 5. The summed E-state index contributed by atoms with van der Waals surface area (Å²) in [5, 5.41) is 11.3. The van der Waals surface area contributed by atoms with Gasteiger partial charge in [0.25, 0.3) is 0 Å². The van der Waals surface area contributed by atoms with Crippen molar-refractivity contribution in [2.75, 3.05) is 5.32 Å². The highest BCUT2D eigenvalue weighted by atomic mass is 16.4. The molecular formula is C20H14N2O5. The first kappa shape index (κ1) is 16.7. The van der Waals surface area contributed by atoms with Gasteiger partial charge in [0.15, 0.2) is 5.43 Å². The molecule has 4 rings (SSSR count). The van der Waals surface area contributed by atoms with Crippen LogP contribution in [0.2, 0.25) is 0 Å². The third-order valence-corrected chi connectivity index (χ3v) is 4.38. The molecule has 0 unspecified atom stereocenters. The Morgan fingerprint density at radius 3 is 2.78 bits per heavy atom. The molecule has 134 valence electrons. The predicted molar refractivity (Wildman–Crippen MR) is 99.2 cm³/mol. The van der Waals surface area contributed by atoms with Gasteiger partial charge in [-0.2, -0.15) is 0 Å². The Kier molecular flexibility index (Phi) is 4.04. The zero-order valence-corrected chi connectivity index (χ0v) is 14.1. The van der Waals surface area contributed by atoms with E-state index < -0.39 is 11.9 Å². The number of nitrogens with one attached hydrogen (secondary N) is 1. The van der Waals surface area contributed by atoms with Crippen molar-refractivity contribution >= 4 is 40.2 Å². The minimum Gasteiger partial charge on any atom is -0.474 e. The van der Waals surface area contributed by atoms with E-state index in [4.69, 9.17) is 9.52 Å². The van der Waals surface area contributed by atoms with Crippen LogP contribution >= 0.6 is 0 Å². The summed E-state index contributed by atoms with van der Waals surface area (Å²) in [6, 6.07) is 10.0. The van der Waals surface area contributed by atoms with E-state index in [0.717, 1.165) is 11.3 Å². The summed E-state index contributed by atoms with van der Waals surface area (Å²) in [5.41, 5.74) is 2.68. The number of amides is 1. The minimum absolute atomic E-state index is 0.119. The van der Waals surface area contributed by atoms with Gasteiger partial charge in [0, 0.05) is 23.5 Å². The van der Waals surface area contributed by atoms with E-state index in [1.807, 2.05) is 24.3 Å². The van der Waals surface area contributed by atoms with Crippen molar-refractivity contribution in [3.63, 3.8) is 0 Å². The number of fused-ring (bicyclic) bond motifs is 2. The molecule has 2 N–H and O–H groups in total. The zero-order valence-electron chi connectivity index (χ0n) is 14.1. The molecule has 7 nitrogen and oxygen atoms in total. The molecule has 27 heavy (non-hydrogen) atoms. The van der Waals surface area contributed by atoms with Crippen LogP contribution < -0.4 is 10.7 Å². The number of carboxylic acids is 1. The average Bonchev–Trinajstić information content (AvgIpc) is 3.05. The van der Waals surface area contributed by atoms with E-state index in [0.29, 0.717) is 29.6 Å². The number of allylic oxidation sites excluding steroid dienone is 1. The second-order valence-corrected chi connectivity index (χ2v) is 6.13. The smallest absolute Gasteiger partial charge is 0.394 e. The third-order valence-electron chi connectivity index (χ3n) is 4.38. The van der Waals surface area contributed by atoms with Crippen LogP contribution in [0.25, 0.3) is 22.6 Å². The van der Waals surface area contributed by atoms with Crippen LogP contribution in [0.5, 0.6) is 0 Å². The van der Waals surface area contributed by atoms with Crippen molar-refractivity contribution in [2.45, 2.75) is 12.8 Å². The van der Waals surface area contributed by atoms with Gasteiger partial charge < -0.3 is 14.8 Å². The van der Waals surface area contributed by atoms with E-state index in [1.54, 1.807) is 6.20 Å². The molecule has 0 aliphatic heterocycles. The molecule has 1 aromatic carbocycles. The lowest BCUT2D eigenvalue weighted by Crippen LogP contribution is -2.21. The SMILES string of the molecule is O=C(O)C(=O)Nc1ccc2c(=O)c3c(oc2c1)/C(=C/c1ccccn1)CC3. The Labute approximate surface area is 153 Å². The van der Waals surface area contributed by atoms with Gasteiger partial charge in [-0.3, -0.25) is 14.6 Å². The first-order chi connectivity index (χ1) is 13.0. The second-order valence-electron chi connectivity index (χ2n) is 6.13. The number of aromatic nitrogens is 1. The molecule has 0 bridgehead atoms. The molecule has 1 aliphatic carbocycles. The lowest BCUT2D eigenvalue weighted by Gasteiger charge is -2.06. The normalized spacial score (nSPS) is 14.3.